The Hall–Kier alpha value is -1.78. The Morgan fingerprint density at radius 3 is 2.77 bits per heavy atom. The molecule has 0 radical (unpaired) electrons. The molecule has 2 rings (SSSR count). The van der Waals surface area contributed by atoms with Crippen molar-refractivity contribution in [2.24, 2.45) is 0 Å². The Morgan fingerprint density at radius 1 is 1.41 bits per heavy atom. The van der Waals surface area contributed by atoms with Crippen molar-refractivity contribution in [3.05, 3.63) is 17.3 Å². The Bertz CT molecular complexity index is 661. The SMILES string of the molecule is CNS(=O)(=O)NCC(=O)N1CCc2nnc(N(C)C)cc2C1. The maximum atomic E-state index is 12.1. The highest BCUT2D eigenvalue weighted by atomic mass is 32.2. The zero-order valence-corrected chi connectivity index (χ0v) is 13.6. The second kappa shape index (κ2) is 6.55. The molecule has 2 heterocycles. The lowest BCUT2D eigenvalue weighted by atomic mass is 10.1. The third-order valence-electron chi connectivity index (χ3n) is 3.42. The Labute approximate surface area is 129 Å². The van der Waals surface area contributed by atoms with Crippen LogP contribution in [-0.2, 0) is 28.0 Å². The third-order valence-corrected chi connectivity index (χ3v) is 4.48. The van der Waals surface area contributed by atoms with E-state index in [2.05, 4.69) is 19.6 Å². The summed E-state index contributed by atoms with van der Waals surface area (Å²) in [6.07, 6.45) is 0.612. The molecule has 1 aromatic rings. The number of aromatic nitrogens is 2. The van der Waals surface area contributed by atoms with E-state index in [1.54, 1.807) is 4.90 Å². The molecule has 22 heavy (non-hydrogen) atoms. The molecule has 2 N–H and O–H groups in total. The van der Waals surface area contributed by atoms with Crippen LogP contribution in [0.15, 0.2) is 6.07 Å². The van der Waals surface area contributed by atoms with E-state index in [-0.39, 0.29) is 12.5 Å². The van der Waals surface area contributed by atoms with Crippen molar-refractivity contribution in [2.45, 2.75) is 13.0 Å². The van der Waals surface area contributed by atoms with Crippen molar-refractivity contribution in [3.8, 4) is 0 Å². The number of carbonyl (C=O) groups is 1. The van der Waals surface area contributed by atoms with E-state index in [1.807, 2.05) is 25.1 Å². The summed E-state index contributed by atoms with van der Waals surface area (Å²) in [5.41, 5.74) is 1.82. The highest BCUT2D eigenvalue weighted by Crippen LogP contribution is 2.19. The predicted octanol–water partition coefficient (Wildman–Crippen LogP) is -1.52. The minimum Gasteiger partial charge on any atom is -0.361 e. The van der Waals surface area contributed by atoms with E-state index in [0.29, 0.717) is 19.5 Å². The fourth-order valence-corrected chi connectivity index (χ4v) is 2.55. The molecule has 122 valence electrons. The highest BCUT2D eigenvalue weighted by Gasteiger charge is 2.23. The number of nitrogens with zero attached hydrogens (tertiary/aromatic N) is 4. The van der Waals surface area contributed by atoms with Crippen LogP contribution in [0.3, 0.4) is 0 Å². The van der Waals surface area contributed by atoms with Crippen LogP contribution in [0.4, 0.5) is 5.82 Å². The Balaban J connectivity index is 2.04. The maximum Gasteiger partial charge on any atom is 0.277 e. The van der Waals surface area contributed by atoms with Gasteiger partial charge in [-0.05, 0) is 11.6 Å². The number of hydrogen-bond donors (Lipinski definition) is 2. The lowest BCUT2D eigenvalue weighted by Crippen LogP contribution is -2.45. The van der Waals surface area contributed by atoms with Crippen molar-refractivity contribution < 1.29 is 13.2 Å². The molecule has 0 aliphatic carbocycles. The number of carbonyl (C=O) groups excluding carboxylic acids is 1. The quantitative estimate of drug-likeness (QED) is 0.680. The van der Waals surface area contributed by atoms with Crippen molar-refractivity contribution in [3.63, 3.8) is 0 Å². The van der Waals surface area contributed by atoms with Crippen molar-refractivity contribution in [1.29, 1.82) is 0 Å². The number of nitrogens with one attached hydrogen (secondary N) is 2. The summed E-state index contributed by atoms with van der Waals surface area (Å²) in [5, 5.41) is 8.30. The summed E-state index contributed by atoms with van der Waals surface area (Å²) < 4.78 is 26.9. The van der Waals surface area contributed by atoms with Gasteiger partial charge in [0.05, 0.1) is 12.2 Å². The van der Waals surface area contributed by atoms with Gasteiger partial charge >= 0.3 is 0 Å². The highest BCUT2D eigenvalue weighted by molar-refractivity contribution is 7.87. The zero-order valence-electron chi connectivity index (χ0n) is 12.8. The minimum atomic E-state index is -3.61. The normalized spacial score (nSPS) is 14.6. The van der Waals surface area contributed by atoms with Crippen LogP contribution in [-0.4, -0.2) is 63.7 Å². The summed E-state index contributed by atoms with van der Waals surface area (Å²) in [6, 6.07) is 1.90. The number of hydrogen-bond acceptors (Lipinski definition) is 6. The van der Waals surface area contributed by atoms with Crippen LogP contribution >= 0.6 is 0 Å². The average Bonchev–Trinajstić information content (AvgIpc) is 2.51. The van der Waals surface area contributed by atoms with Gasteiger partial charge in [-0.1, -0.05) is 0 Å². The molecule has 0 saturated carbocycles. The number of anilines is 1. The summed E-state index contributed by atoms with van der Waals surface area (Å²) in [7, 11) is 1.41. The first kappa shape index (κ1) is 16.6. The van der Waals surface area contributed by atoms with E-state index in [0.717, 1.165) is 17.1 Å². The fourth-order valence-electron chi connectivity index (χ4n) is 2.09. The smallest absolute Gasteiger partial charge is 0.277 e. The lowest BCUT2D eigenvalue weighted by molar-refractivity contribution is -0.130. The molecule has 0 atom stereocenters. The fraction of sp³-hybridized carbons (Fsp3) is 0.583. The van der Waals surface area contributed by atoms with Gasteiger partial charge in [-0.3, -0.25) is 4.79 Å². The maximum absolute atomic E-state index is 12.1. The number of fused-ring (bicyclic) bond motifs is 1. The molecule has 1 aromatic heterocycles. The zero-order chi connectivity index (χ0) is 16.3. The molecule has 10 heteroatoms. The molecule has 0 fully saturated rings. The molecular formula is C12H20N6O3S. The van der Waals surface area contributed by atoms with Crippen LogP contribution in [0.25, 0.3) is 0 Å². The monoisotopic (exact) mass is 328 g/mol. The minimum absolute atomic E-state index is 0.266. The van der Waals surface area contributed by atoms with Gasteiger partial charge in [0.2, 0.25) is 5.91 Å². The van der Waals surface area contributed by atoms with E-state index in [4.69, 9.17) is 0 Å². The molecular weight excluding hydrogens is 308 g/mol. The van der Waals surface area contributed by atoms with E-state index < -0.39 is 10.2 Å². The summed E-state index contributed by atoms with van der Waals surface area (Å²) in [5.74, 6) is 0.455. The van der Waals surface area contributed by atoms with Gasteiger partial charge in [-0.25, -0.2) is 4.72 Å². The first-order valence-corrected chi connectivity index (χ1v) is 8.29. The van der Waals surface area contributed by atoms with Gasteiger partial charge in [0, 0.05) is 40.7 Å². The van der Waals surface area contributed by atoms with E-state index in [9.17, 15) is 13.2 Å². The second-order valence-electron chi connectivity index (χ2n) is 5.16. The van der Waals surface area contributed by atoms with E-state index >= 15 is 0 Å². The van der Waals surface area contributed by atoms with Crippen molar-refractivity contribution in [1.82, 2.24) is 24.5 Å². The van der Waals surface area contributed by atoms with Crippen LogP contribution in [0.2, 0.25) is 0 Å². The number of amides is 1. The van der Waals surface area contributed by atoms with Gasteiger partial charge in [0.25, 0.3) is 10.2 Å². The standard InChI is InChI=1S/C12H20N6O3S/c1-13-22(20,21)14-7-12(19)18-5-4-10-9(8-18)6-11(16-15-10)17(2)3/h6,13-14H,4-5,7-8H2,1-3H3. The third kappa shape index (κ3) is 3.90. The Morgan fingerprint density at radius 2 is 2.14 bits per heavy atom. The largest absolute Gasteiger partial charge is 0.361 e. The molecule has 1 amide bonds. The molecule has 0 unspecified atom stereocenters. The van der Waals surface area contributed by atoms with Crippen LogP contribution in [0.1, 0.15) is 11.3 Å². The molecule has 0 bridgehead atoms. The second-order valence-corrected chi connectivity index (χ2v) is 6.87. The van der Waals surface area contributed by atoms with Crippen molar-refractivity contribution in [2.75, 3.05) is 39.1 Å². The van der Waals surface area contributed by atoms with Crippen LogP contribution in [0, 0.1) is 0 Å². The number of rotatable bonds is 5. The Kier molecular flexibility index (Phi) is 4.94. The summed E-state index contributed by atoms with van der Waals surface area (Å²) in [4.78, 5) is 15.6. The molecule has 0 aromatic carbocycles. The van der Waals surface area contributed by atoms with Gasteiger partial charge in [-0.15, -0.1) is 5.10 Å². The summed E-state index contributed by atoms with van der Waals surface area (Å²) in [6.45, 7) is 0.645. The van der Waals surface area contributed by atoms with Gasteiger partial charge in [0.1, 0.15) is 0 Å². The molecule has 0 spiro atoms. The molecule has 9 nitrogen and oxygen atoms in total. The van der Waals surface area contributed by atoms with E-state index in [1.165, 1.54) is 7.05 Å². The van der Waals surface area contributed by atoms with Gasteiger partial charge in [0.15, 0.2) is 5.82 Å². The molecule has 0 saturated heterocycles. The predicted molar refractivity (Wildman–Crippen MR) is 81.5 cm³/mol. The van der Waals surface area contributed by atoms with Crippen molar-refractivity contribution >= 4 is 21.9 Å². The first-order chi connectivity index (χ1) is 10.3. The first-order valence-electron chi connectivity index (χ1n) is 6.81. The topological polar surface area (TPSA) is 108 Å². The van der Waals surface area contributed by atoms with Gasteiger partial charge < -0.3 is 9.80 Å². The van der Waals surface area contributed by atoms with Gasteiger partial charge in [-0.2, -0.15) is 18.2 Å². The van der Waals surface area contributed by atoms with Crippen LogP contribution < -0.4 is 14.3 Å². The average molecular weight is 328 g/mol. The molecule has 1 aliphatic rings. The summed E-state index contributed by atoms with van der Waals surface area (Å²) >= 11 is 0. The molecule has 1 aliphatic heterocycles. The lowest BCUT2D eigenvalue weighted by Gasteiger charge is -2.28. The van der Waals surface area contributed by atoms with Crippen LogP contribution in [0.5, 0.6) is 0 Å².